The van der Waals surface area contributed by atoms with Crippen LogP contribution in [0.1, 0.15) is 30.3 Å². The molecule has 1 aliphatic heterocycles. The van der Waals surface area contributed by atoms with E-state index < -0.39 is 0 Å². The SMILES string of the molecule is Nc1nc(CN2CCCC2c2ccsc2)nc2ccccc12. The summed E-state index contributed by atoms with van der Waals surface area (Å²) in [5.74, 6) is 1.39. The normalized spacial score (nSPS) is 19.0. The van der Waals surface area contributed by atoms with Gasteiger partial charge in [-0.2, -0.15) is 11.3 Å². The Hall–Kier alpha value is -1.98. The van der Waals surface area contributed by atoms with Crippen LogP contribution in [0.25, 0.3) is 10.9 Å². The van der Waals surface area contributed by atoms with Crippen molar-refractivity contribution in [1.29, 1.82) is 0 Å². The Labute approximate surface area is 133 Å². The number of benzene rings is 1. The van der Waals surface area contributed by atoms with Crippen molar-refractivity contribution < 1.29 is 0 Å². The number of thiophene rings is 1. The summed E-state index contributed by atoms with van der Waals surface area (Å²) in [5, 5.41) is 5.33. The Morgan fingerprint density at radius 1 is 1.23 bits per heavy atom. The first kappa shape index (κ1) is 13.7. The molecule has 0 bridgehead atoms. The second-order valence-electron chi connectivity index (χ2n) is 5.73. The summed E-state index contributed by atoms with van der Waals surface area (Å²) in [6.07, 6.45) is 2.43. The Bertz CT molecular complexity index is 784. The summed E-state index contributed by atoms with van der Waals surface area (Å²) in [5.41, 5.74) is 8.43. The second kappa shape index (κ2) is 5.66. The maximum absolute atomic E-state index is 6.09. The first-order chi connectivity index (χ1) is 10.8. The molecule has 1 aliphatic rings. The van der Waals surface area contributed by atoms with Crippen molar-refractivity contribution in [2.45, 2.75) is 25.4 Å². The molecular formula is C17H18N4S. The lowest BCUT2D eigenvalue weighted by Gasteiger charge is -2.23. The van der Waals surface area contributed by atoms with E-state index in [4.69, 9.17) is 5.73 Å². The molecule has 0 radical (unpaired) electrons. The van der Waals surface area contributed by atoms with Gasteiger partial charge in [0.15, 0.2) is 0 Å². The number of likely N-dealkylation sites (tertiary alicyclic amines) is 1. The lowest BCUT2D eigenvalue weighted by molar-refractivity contribution is 0.243. The largest absolute Gasteiger partial charge is 0.383 e. The van der Waals surface area contributed by atoms with E-state index in [9.17, 15) is 0 Å². The van der Waals surface area contributed by atoms with Crippen molar-refractivity contribution >= 4 is 28.1 Å². The Morgan fingerprint density at radius 3 is 3.00 bits per heavy atom. The number of rotatable bonds is 3. The first-order valence-electron chi connectivity index (χ1n) is 7.58. The highest BCUT2D eigenvalue weighted by Crippen LogP contribution is 2.34. The molecule has 3 aromatic rings. The third-order valence-electron chi connectivity index (χ3n) is 4.32. The summed E-state index contributed by atoms with van der Waals surface area (Å²) in [4.78, 5) is 11.7. The molecule has 0 spiro atoms. The molecule has 1 unspecified atom stereocenters. The van der Waals surface area contributed by atoms with Crippen LogP contribution in [-0.4, -0.2) is 21.4 Å². The number of anilines is 1. The molecular weight excluding hydrogens is 292 g/mol. The van der Waals surface area contributed by atoms with Crippen molar-refractivity contribution in [2.75, 3.05) is 12.3 Å². The molecule has 5 heteroatoms. The summed E-state index contributed by atoms with van der Waals surface area (Å²) < 4.78 is 0. The predicted octanol–water partition coefficient (Wildman–Crippen LogP) is 3.61. The van der Waals surface area contributed by atoms with Gasteiger partial charge in [-0.1, -0.05) is 12.1 Å². The molecule has 1 aromatic carbocycles. The fourth-order valence-corrected chi connectivity index (χ4v) is 3.97. The minimum Gasteiger partial charge on any atom is -0.383 e. The smallest absolute Gasteiger partial charge is 0.145 e. The Balaban J connectivity index is 1.63. The van der Waals surface area contributed by atoms with Crippen LogP contribution in [-0.2, 0) is 6.54 Å². The highest BCUT2D eigenvalue weighted by atomic mass is 32.1. The highest BCUT2D eigenvalue weighted by Gasteiger charge is 2.27. The lowest BCUT2D eigenvalue weighted by atomic mass is 10.1. The minimum atomic E-state index is 0.488. The van der Waals surface area contributed by atoms with E-state index in [0.717, 1.165) is 29.8 Å². The van der Waals surface area contributed by atoms with Gasteiger partial charge in [0, 0.05) is 11.4 Å². The maximum Gasteiger partial charge on any atom is 0.145 e. The van der Waals surface area contributed by atoms with Crippen molar-refractivity contribution in [3.05, 3.63) is 52.5 Å². The molecule has 0 saturated carbocycles. The predicted molar refractivity (Wildman–Crippen MR) is 90.7 cm³/mol. The third-order valence-corrected chi connectivity index (χ3v) is 5.02. The van der Waals surface area contributed by atoms with Crippen LogP contribution in [0.15, 0.2) is 41.1 Å². The van der Waals surface area contributed by atoms with E-state index in [2.05, 4.69) is 31.7 Å². The van der Waals surface area contributed by atoms with E-state index >= 15 is 0 Å². The molecule has 3 heterocycles. The summed E-state index contributed by atoms with van der Waals surface area (Å²) in [6.45, 7) is 1.85. The number of nitrogen functional groups attached to an aromatic ring is 1. The lowest BCUT2D eigenvalue weighted by Crippen LogP contribution is -2.24. The van der Waals surface area contributed by atoms with Gasteiger partial charge < -0.3 is 5.73 Å². The van der Waals surface area contributed by atoms with Gasteiger partial charge in [0.1, 0.15) is 11.6 Å². The van der Waals surface area contributed by atoms with Crippen LogP contribution in [0, 0.1) is 0 Å². The minimum absolute atomic E-state index is 0.488. The summed E-state index contributed by atoms with van der Waals surface area (Å²) >= 11 is 1.76. The molecule has 4 nitrogen and oxygen atoms in total. The number of nitrogens with two attached hydrogens (primary N) is 1. The Kier molecular flexibility index (Phi) is 3.52. The Morgan fingerprint density at radius 2 is 2.14 bits per heavy atom. The highest BCUT2D eigenvalue weighted by molar-refractivity contribution is 7.07. The molecule has 2 aromatic heterocycles. The van der Waals surface area contributed by atoms with Crippen LogP contribution in [0.5, 0.6) is 0 Å². The molecule has 0 aliphatic carbocycles. The van der Waals surface area contributed by atoms with E-state index in [1.807, 2.05) is 24.3 Å². The van der Waals surface area contributed by atoms with Gasteiger partial charge in [-0.25, -0.2) is 9.97 Å². The molecule has 2 N–H and O–H groups in total. The average Bonchev–Trinajstić information content (AvgIpc) is 3.18. The van der Waals surface area contributed by atoms with Gasteiger partial charge in [-0.15, -0.1) is 0 Å². The fourth-order valence-electron chi connectivity index (χ4n) is 3.26. The molecule has 22 heavy (non-hydrogen) atoms. The van der Waals surface area contributed by atoms with Crippen LogP contribution < -0.4 is 5.73 Å². The van der Waals surface area contributed by atoms with Gasteiger partial charge in [0.05, 0.1) is 12.1 Å². The summed E-state index contributed by atoms with van der Waals surface area (Å²) in [7, 11) is 0. The molecule has 1 atom stereocenters. The first-order valence-corrected chi connectivity index (χ1v) is 8.53. The van der Waals surface area contributed by atoms with Crippen LogP contribution in [0.2, 0.25) is 0 Å². The van der Waals surface area contributed by atoms with Gasteiger partial charge in [0.2, 0.25) is 0 Å². The van der Waals surface area contributed by atoms with Gasteiger partial charge >= 0.3 is 0 Å². The summed E-state index contributed by atoms with van der Waals surface area (Å²) in [6, 6.07) is 10.6. The van der Waals surface area contributed by atoms with E-state index in [-0.39, 0.29) is 0 Å². The zero-order chi connectivity index (χ0) is 14.9. The van der Waals surface area contributed by atoms with Crippen molar-refractivity contribution in [3.63, 3.8) is 0 Å². The number of fused-ring (bicyclic) bond motifs is 1. The monoisotopic (exact) mass is 310 g/mol. The molecule has 1 saturated heterocycles. The van der Waals surface area contributed by atoms with Gasteiger partial charge in [0.25, 0.3) is 0 Å². The number of hydrogen-bond acceptors (Lipinski definition) is 5. The number of hydrogen-bond donors (Lipinski definition) is 1. The molecule has 112 valence electrons. The maximum atomic E-state index is 6.09. The quantitative estimate of drug-likeness (QED) is 0.803. The average molecular weight is 310 g/mol. The second-order valence-corrected chi connectivity index (χ2v) is 6.51. The van der Waals surface area contributed by atoms with Crippen LogP contribution >= 0.6 is 11.3 Å². The standard InChI is InChI=1S/C17H18N4S/c18-17-13-4-1-2-5-14(13)19-16(20-17)10-21-8-3-6-15(21)12-7-9-22-11-12/h1-2,4-5,7,9,11,15H,3,6,8,10H2,(H2,18,19,20). The fraction of sp³-hybridized carbons (Fsp3) is 0.294. The van der Waals surface area contributed by atoms with Crippen molar-refractivity contribution in [2.24, 2.45) is 0 Å². The van der Waals surface area contributed by atoms with Gasteiger partial charge in [-0.05, 0) is 53.9 Å². The van der Waals surface area contributed by atoms with Crippen molar-refractivity contribution in [3.8, 4) is 0 Å². The third kappa shape index (κ3) is 2.46. The van der Waals surface area contributed by atoms with Gasteiger partial charge in [-0.3, -0.25) is 4.90 Å². The topological polar surface area (TPSA) is 55.0 Å². The zero-order valence-corrected chi connectivity index (χ0v) is 13.1. The zero-order valence-electron chi connectivity index (χ0n) is 12.3. The van der Waals surface area contributed by atoms with Crippen molar-refractivity contribution in [1.82, 2.24) is 14.9 Å². The number of aromatic nitrogens is 2. The van der Waals surface area contributed by atoms with E-state index in [1.165, 1.54) is 18.4 Å². The number of para-hydroxylation sites is 1. The molecule has 1 fully saturated rings. The van der Waals surface area contributed by atoms with Crippen LogP contribution in [0.4, 0.5) is 5.82 Å². The molecule has 4 rings (SSSR count). The number of nitrogens with zero attached hydrogens (tertiary/aromatic N) is 3. The van der Waals surface area contributed by atoms with E-state index in [1.54, 1.807) is 11.3 Å². The molecule has 0 amide bonds. The van der Waals surface area contributed by atoms with E-state index in [0.29, 0.717) is 11.9 Å². The van der Waals surface area contributed by atoms with Crippen LogP contribution in [0.3, 0.4) is 0 Å².